The molecule has 2 aromatic rings. The number of aliphatic imine (C=N–C) groups is 1. The SMILES string of the molecule is CCNC(=NCc1cc(C(CC)CC)no1)NCc1ccc(S(N)(=O)=O)s1.I. The van der Waals surface area contributed by atoms with Crippen molar-refractivity contribution in [3.05, 3.63) is 34.5 Å². The number of thiophene rings is 1. The lowest BCUT2D eigenvalue weighted by Crippen LogP contribution is -2.36. The molecule has 0 saturated carbocycles. The molecule has 0 aromatic carbocycles. The molecule has 0 aliphatic carbocycles. The van der Waals surface area contributed by atoms with Gasteiger partial charge in [-0.1, -0.05) is 19.0 Å². The molecule has 0 bridgehead atoms. The van der Waals surface area contributed by atoms with Gasteiger partial charge in [-0.3, -0.25) is 0 Å². The average Bonchev–Trinajstić information content (AvgIpc) is 3.28. The van der Waals surface area contributed by atoms with Crippen molar-refractivity contribution in [1.82, 2.24) is 15.8 Å². The Kier molecular flexibility index (Phi) is 10.4. The summed E-state index contributed by atoms with van der Waals surface area (Å²) < 4.78 is 28.2. The molecule has 2 heterocycles. The number of hydrogen-bond acceptors (Lipinski definition) is 6. The summed E-state index contributed by atoms with van der Waals surface area (Å²) in [6, 6.07) is 5.21. The Morgan fingerprint density at radius 2 is 2.00 bits per heavy atom. The fraction of sp³-hybridized carbons (Fsp3) is 0.529. The summed E-state index contributed by atoms with van der Waals surface area (Å²) in [4.78, 5) is 5.35. The molecule has 4 N–H and O–H groups in total. The lowest BCUT2D eigenvalue weighted by atomic mass is 9.99. The Balaban J connectivity index is 0.00000392. The van der Waals surface area contributed by atoms with Gasteiger partial charge in [-0.2, -0.15) is 0 Å². The van der Waals surface area contributed by atoms with E-state index in [0.29, 0.717) is 37.3 Å². The largest absolute Gasteiger partial charge is 0.359 e. The number of guanidine groups is 1. The normalized spacial score (nSPS) is 12.1. The van der Waals surface area contributed by atoms with Gasteiger partial charge in [-0.15, -0.1) is 35.3 Å². The molecule has 11 heteroatoms. The number of rotatable bonds is 9. The van der Waals surface area contributed by atoms with Crippen LogP contribution in [-0.2, 0) is 23.1 Å². The van der Waals surface area contributed by atoms with Crippen LogP contribution in [0.1, 0.15) is 55.9 Å². The third-order valence-electron chi connectivity index (χ3n) is 4.07. The number of nitrogens with one attached hydrogen (secondary N) is 2. The molecule has 0 radical (unpaired) electrons. The van der Waals surface area contributed by atoms with E-state index in [1.165, 1.54) is 6.07 Å². The van der Waals surface area contributed by atoms with Crippen molar-refractivity contribution in [3.8, 4) is 0 Å². The highest BCUT2D eigenvalue weighted by molar-refractivity contribution is 14.0. The van der Waals surface area contributed by atoms with E-state index in [9.17, 15) is 8.42 Å². The third kappa shape index (κ3) is 7.33. The zero-order valence-electron chi connectivity index (χ0n) is 16.3. The highest BCUT2D eigenvalue weighted by Gasteiger charge is 2.13. The highest BCUT2D eigenvalue weighted by Crippen LogP contribution is 2.22. The Morgan fingerprint density at radius 1 is 1.29 bits per heavy atom. The first-order chi connectivity index (χ1) is 12.9. The van der Waals surface area contributed by atoms with Crippen LogP contribution in [0, 0.1) is 0 Å². The molecule has 0 aliphatic heterocycles. The van der Waals surface area contributed by atoms with Crippen LogP contribution in [0.15, 0.2) is 31.9 Å². The summed E-state index contributed by atoms with van der Waals surface area (Å²) >= 11 is 1.14. The number of nitrogens with zero attached hydrogens (tertiary/aromatic N) is 2. The molecular formula is C17H28IN5O3S2. The van der Waals surface area contributed by atoms with Crippen molar-refractivity contribution in [2.75, 3.05) is 6.54 Å². The van der Waals surface area contributed by atoms with Crippen molar-refractivity contribution in [1.29, 1.82) is 0 Å². The van der Waals surface area contributed by atoms with Gasteiger partial charge in [-0.05, 0) is 31.9 Å². The van der Waals surface area contributed by atoms with Crippen LogP contribution in [0.4, 0.5) is 0 Å². The molecule has 0 fully saturated rings. The predicted octanol–water partition coefficient (Wildman–Crippen LogP) is 3.16. The van der Waals surface area contributed by atoms with Crippen molar-refractivity contribution in [2.24, 2.45) is 10.1 Å². The zero-order valence-corrected chi connectivity index (χ0v) is 20.2. The van der Waals surface area contributed by atoms with E-state index in [1.807, 2.05) is 13.0 Å². The van der Waals surface area contributed by atoms with Gasteiger partial charge in [0.05, 0.1) is 12.2 Å². The summed E-state index contributed by atoms with van der Waals surface area (Å²) in [7, 11) is -3.66. The second-order valence-corrected chi connectivity index (χ2v) is 9.00. The fourth-order valence-corrected chi connectivity index (χ4v) is 4.30. The topological polar surface area (TPSA) is 123 Å². The molecule has 0 unspecified atom stereocenters. The van der Waals surface area contributed by atoms with E-state index in [0.717, 1.165) is 34.7 Å². The maximum atomic E-state index is 11.4. The number of hydrogen-bond donors (Lipinski definition) is 3. The van der Waals surface area contributed by atoms with Gasteiger partial charge in [0, 0.05) is 23.4 Å². The molecule has 2 rings (SSSR count). The number of nitrogens with two attached hydrogens (primary N) is 1. The van der Waals surface area contributed by atoms with Gasteiger partial charge in [-0.25, -0.2) is 18.5 Å². The van der Waals surface area contributed by atoms with Crippen LogP contribution in [0.2, 0.25) is 0 Å². The molecule has 2 aromatic heterocycles. The first kappa shape index (κ1) is 24.9. The molecule has 28 heavy (non-hydrogen) atoms. The standard InChI is InChI=1S/C17H27N5O3S2.HI/c1-4-12(5-2)15-9-13(25-22-15)10-20-17(19-6-3)21-11-14-7-8-16(26-14)27(18,23)24;/h7-9,12H,4-6,10-11H2,1-3H3,(H2,18,23,24)(H2,19,20,21);1H. The Hall–Kier alpha value is -1.18. The first-order valence-electron chi connectivity index (χ1n) is 8.96. The Morgan fingerprint density at radius 3 is 2.57 bits per heavy atom. The zero-order chi connectivity index (χ0) is 19.9. The second kappa shape index (κ2) is 11.7. The lowest BCUT2D eigenvalue weighted by Gasteiger charge is -2.09. The van der Waals surface area contributed by atoms with Gasteiger partial charge >= 0.3 is 0 Å². The molecule has 0 saturated heterocycles. The van der Waals surface area contributed by atoms with Crippen molar-refractivity contribution in [3.63, 3.8) is 0 Å². The van der Waals surface area contributed by atoms with Crippen LogP contribution in [0.5, 0.6) is 0 Å². The third-order valence-corrected chi connectivity index (χ3v) is 6.59. The Bertz CT molecular complexity index is 860. The fourth-order valence-electron chi connectivity index (χ4n) is 2.58. The van der Waals surface area contributed by atoms with E-state index in [4.69, 9.17) is 9.66 Å². The van der Waals surface area contributed by atoms with Crippen molar-refractivity contribution in [2.45, 2.75) is 56.8 Å². The summed E-state index contributed by atoms with van der Waals surface area (Å²) in [5.74, 6) is 1.73. The smallest absolute Gasteiger partial charge is 0.247 e. The molecule has 0 aliphatic rings. The monoisotopic (exact) mass is 541 g/mol. The van der Waals surface area contributed by atoms with Crippen molar-refractivity contribution >= 4 is 51.3 Å². The maximum absolute atomic E-state index is 11.4. The number of halogens is 1. The Labute approximate surface area is 187 Å². The molecule has 0 amide bonds. The minimum absolute atomic E-state index is 0. The average molecular weight is 541 g/mol. The van der Waals surface area contributed by atoms with E-state index >= 15 is 0 Å². The van der Waals surface area contributed by atoms with Crippen molar-refractivity contribution < 1.29 is 12.9 Å². The predicted molar refractivity (Wildman–Crippen MR) is 123 cm³/mol. The van der Waals surface area contributed by atoms with Gasteiger partial charge in [0.2, 0.25) is 10.0 Å². The number of aromatic nitrogens is 1. The minimum atomic E-state index is -3.66. The van der Waals surface area contributed by atoms with E-state index in [2.05, 4.69) is 34.6 Å². The van der Waals surface area contributed by atoms with Crippen LogP contribution in [-0.4, -0.2) is 26.1 Å². The van der Waals surface area contributed by atoms with Gasteiger partial charge < -0.3 is 15.2 Å². The maximum Gasteiger partial charge on any atom is 0.247 e. The highest BCUT2D eigenvalue weighted by atomic mass is 127. The number of primary sulfonamides is 1. The molecule has 8 nitrogen and oxygen atoms in total. The van der Waals surface area contributed by atoms with Crippen LogP contribution in [0.3, 0.4) is 0 Å². The minimum Gasteiger partial charge on any atom is -0.359 e. The molecule has 0 atom stereocenters. The van der Waals surface area contributed by atoms with Gasteiger partial charge in [0.1, 0.15) is 10.8 Å². The summed E-state index contributed by atoms with van der Waals surface area (Å²) in [6.07, 6.45) is 2.05. The number of sulfonamides is 1. The molecule has 0 spiro atoms. The van der Waals surface area contributed by atoms with E-state index in [1.54, 1.807) is 6.07 Å². The molecular weight excluding hydrogens is 513 g/mol. The lowest BCUT2D eigenvalue weighted by molar-refractivity contribution is 0.372. The summed E-state index contributed by atoms with van der Waals surface area (Å²) in [5, 5.41) is 15.6. The summed E-state index contributed by atoms with van der Waals surface area (Å²) in [6.45, 7) is 7.77. The van der Waals surface area contributed by atoms with Crippen LogP contribution < -0.4 is 15.8 Å². The summed E-state index contributed by atoms with van der Waals surface area (Å²) in [5.41, 5.74) is 0.970. The van der Waals surface area contributed by atoms with Crippen LogP contribution >= 0.6 is 35.3 Å². The van der Waals surface area contributed by atoms with Crippen LogP contribution in [0.25, 0.3) is 0 Å². The quantitative estimate of drug-likeness (QED) is 0.255. The molecule has 158 valence electrons. The van der Waals surface area contributed by atoms with Gasteiger partial charge in [0.15, 0.2) is 11.7 Å². The van der Waals surface area contributed by atoms with E-state index < -0.39 is 10.0 Å². The van der Waals surface area contributed by atoms with E-state index in [-0.39, 0.29) is 28.2 Å². The first-order valence-corrected chi connectivity index (χ1v) is 11.3. The second-order valence-electron chi connectivity index (χ2n) is 6.05. The van der Waals surface area contributed by atoms with Gasteiger partial charge in [0.25, 0.3) is 0 Å².